The maximum Gasteiger partial charge on any atom is 0.267 e. The SMILES string of the molecule is CC(C(=O)N1CCN(C)CC1)n1nc(-c2ccccc2)ccc1=O. The van der Waals surface area contributed by atoms with Gasteiger partial charge in [0.15, 0.2) is 0 Å². The fourth-order valence-corrected chi connectivity index (χ4v) is 2.86. The van der Waals surface area contributed by atoms with Crippen molar-refractivity contribution in [3.63, 3.8) is 0 Å². The predicted molar refractivity (Wildman–Crippen MR) is 92.7 cm³/mol. The van der Waals surface area contributed by atoms with Crippen LogP contribution in [-0.4, -0.2) is 58.7 Å². The third kappa shape index (κ3) is 3.38. The predicted octanol–water partition coefficient (Wildman–Crippen LogP) is 1.25. The van der Waals surface area contributed by atoms with Crippen molar-refractivity contribution in [2.24, 2.45) is 0 Å². The Morgan fingerprint density at radius 2 is 1.71 bits per heavy atom. The average Bonchev–Trinajstić information content (AvgIpc) is 2.62. The molecule has 1 saturated heterocycles. The molecule has 1 amide bonds. The van der Waals surface area contributed by atoms with E-state index in [4.69, 9.17) is 0 Å². The molecule has 0 bridgehead atoms. The zero-order chi connectivity index (χ0) is 17.1. The molecule has 3 rings (SSSR count). The lowest BCUT2D eigenvalue weighted by Crippen LogP contribution is -2.49. The summed E-state index contributed by atoms with van der Waals surface area (Å²) in [5.41, 5.74) is 1.35. The Kier molecular flexibility index (Phi) is 4.76. The van der Waals surface area contributed by atoms with Gasteiger partial charge in [0, 0.05) is 37.8 Å². The van der Waals surface area contributed by atoms with Gasteiger partial charge in [0.2, 0.25) is 5.91 Å². The van der Waals surface area contributed by atoms with Crippen LogP contribution in [-0.2, 0) is 4.79 Å². The lowest BCUT2D eigenvalue weighted by molar-refractivity contribution is -0.136. The number of amides is 1. The molecular weight excluding hydrogens is 304 g/mol. The molecule has 24 heavy (non-hydrogen) atoms. The molecule has 1 unspecified atom stereocenters. The zero-order valence-electron chi connectivity index (χ0n) is 14.1. The van der Waals surface area contributed by atoms with Crippen LogP contribution in [0.3, 0.4) is 0 Å². The van der Waals surface area contributed by atoms with Crippen molar-refractivity contribution >= 4 is 5.91 Å². The van der Waals surface area contributed by atoms with Crippen molar-refractivity contribution in [1.82, 2.24) is 19.6 Å². The summed E-state index contributed by atoms with van der Waals surface area (Å²) in [7, 11) is 2.04. The van der Waals surface area contributed by atoms with Crippen molar-refractivity contribution < 1.29 is 4.79 Å². The molecule has 1 aromatic carbocycles. The van der Waals surface area contributed by atoms with Gasteiger partial charge < -0.3 is 9.80 Å². The molecule has 6 nitrogen and oxygen atoms in total. The largest absolute Gasteiger partial charge is 0.338 e. The summed E-state index contributed by atoms with van der Waals surface area (Å²) in [5, 5.41) is 4.42. The van der Waals surface area contributed by atoms with Crippen LogP contribution in [0.2, 0.25) is 0 Å². The van der Waals surface area contributed by atoms with Gasteiger partial charge in [-0.15, -0.1) is 0 Å². The normalized spacial score (nSPS) is 16.8. The molecule has 0 aliphatic carbocycles. The molecule has 0 N–H and O–H groups in total. The van der Waals surface area contributed by atoms with Crippen molar-refractivity contribution in [3.05, 3.63) is 52.8 Å². The first-order chi connectivity index (χ1) is 11.6. The van der Waals surface area contributed by atoms with Crippen molar-refractivity contribution in [1.29, 1.82) is 0 Å². The highest BCUT2D eigenvalue weighted by Crippen LogP contribution is 2.16. The van der Waals surface area contributed by atoms with Crippen LogP contribution in [0.1, 0.15) is 13.0 Å². The molecule has 2 heterocycles. The third-order valence-electron chi connectivity index (χ3n) is 4.43. The molecule has 0 radical (unpaired) electrons. The summed E-state index contributed by atoms with van der Waals surface area (Å²) in [6.07, 6.45) is 0. The van der Waals surface area contributed by atoms with Gasteiger partial charge in [-0.25, -0.2) is 4.68 Å². The van der Waals surface area contributed by atoms with E-state index in [-0.39, 0.29) is 11.5 Å². The van der Waals surface area contributed by atoms with Crippen molar-refractivity contribution in [2.75, 3.05) is 33.2 Å². The quantitative estimate of drug-likeness (QED) is 0.852. The van der Waals surface area contributed by atoms with E-state index in [9.17, 15) is 9.59 Å². The van der Waals surface area contributed by atoms with Crippen LogP contribution in [0.5, 0.6) is 0 Å². The number of rotatable bonds is 3. The summed E-state index contributed by atoms with van der Waals surface area (Å²) in [4.78, 5) is 28.9. The van der Waals surface area contributed by atoms with E-state index in [0.717, 1.165) is 18.7 Å². The summed E-state index contributed by atoms with van der Waals surface area (Å²) >= 11 is 0. The van der Waals surface area contributed by atoms with Gasteiger partial charge in [-0.05, 0) is 20.0 Å². The highest BCUT2D eigenvalue weighted by molar-refractivity contribution is 5.80. The zero-order valence-corrected chi connectivity index (χ0v) is 14.1. The average molecular weight is 326 g/mol. The number of aromatic nitrogens is 2. The Labute approximate surface area is 141 Å². The van der Waals surface area contributed by atoms with Gasteiger partial charge in [0.25, 0.3) is 5.56 Å². The number of nitrogens with zero attached hydrogens (tertiary/aromatic N) is 4. The van der Waals surface area contributed by atoms with Crippen LogP contribution in [0.4, 0.5) is 0 Å². The Balaban J connectivity index is 1.85. The number of benzene rings is 1. The number of hydrogen-bond donors (Lipinski definition) is 0. The first kappa shape index (κ1) is 16.4. The highest BCUT2D eigenvalue weighted by atomic mass is 16.2. The minimum Gasteiger partial charge on any atom is -0.338 e. The number of hydrogen-bond acceptors (Lipinski definition) is 4. The topological polar surface area (TPSA) is 58.4 Å². The van der Waals surface area contributed by atoms with E-state index in [1.54, 1.807) is 13.0 Å². The van der Waals surface area contributed by atoms with Crippen LogP contribution < -0.4 is 5.56 Å². The highest BCUT2D eigenvalue weighted by Gasteiger charge is 2.26. The molecular formula is C18H22N4O2. The van der Waals surface area contributed by atoms with E-state index in [1.165, 1.54) is 10.7 Å². The minimum absolute atomic E-state index is 0.0529. The van der Waals surface area contributed by atoms with Crippen molar-refractivity contribution in [2.45, 2.75) is 13.0 Å². The number of carbonyl (C=O) groups is 1. The molecule has 0 saturated carbocycles. The Morgan fingerprint density at radius 1 is 1.04 bits per heavy atom. The molecule has 0 spiro atoms. The van der Waals surface area contributed by atoms with E-state index in [1.807, 2.05) is 42.3 Å². The van der Waals surface area contributed by atoms with Crippen molar-refractivity contribution in [3.8, 4) is 11.3 Å². The summed E-state index contributed by atoms with van der Waals surface area (Å²) in [6, 6.07) is 12.2. The van der Waals surface area contributed by atoms with E-state index in [2.05, 4.69) is 10.00 Å². The fourth-order valence-electron chi connectivity index (χ4n) is 2.86. The second-order valence-corrected chi connectivity index (χ2v) is 6.17. The lowest BCUT2D eigenvalue weighted by Gasteiger charge is -2.34. The summed E-state index contributed by atoms with van der Waals surface area (Å²) in [5.74, 6) is -0.0529. The Hall–Kier alpha value is -2.47. The second kappa shape index (κ2) is 6.97. The van der Waals surface area contributed by atoms with Gasteiger partial charge in [0.05, 0.1) is 5.69 Å². The summed E-state index contributed by atoms with van der Waals surface area (Å²) < 4.78 is 1.29. The van der Waals surface area contributed by atoms with Gasteiger partial charge in [-0.3, -0.25) is 9.59 Å². The van der Waals surface area contributed by atoms with Crippen LogP contribution in [0.15, 0.2) is 47.3 Å². The molecule has 1 fully saturated rings. The first-order valence-corrected chi connectivity index (χ1v) is 8.19. The molecule has 1 aliphatic heterocycles. The smallest absolute Gasteiger partial charge is 0.267 e. The van der Waals surface area contributed by atoms with Gasteiger partial charge in [-0.1, -0.05) is 30.3 Å². The molecule has 1 aromatic heterocycles. The molecule has 2 aromatic rings. The fraction of sp³-hybridized carbons (Fsp3) is 0.389. The molecule has 6 heteroatoms. The Bertz CT molecular complexity index is 764. The third-order valence-corrected chi connectivity index (χ3v) is 4.43. The molecule has 1 atom stereocenters. The van der Waals surface area contributed by atoms with Gasteiger partial charge >= 0.3 is 0 Å². The lowest BCUT2D eigenvalue weighted by atomic mass is 10.1. The maximum atomic E-state index is 12.7. The van der Waals surface area contributed by atoms with Gasteiger partial charge in [-0.2, -0.15) is 5.10 Å². The standard InChI is InChI=1S/C18H22N4O2/c1-14(18(24)21-12-10-20(2)11-13-21)22-17(23)9-8-16(19-22)15-6-4-3-5-7-15/h3-9,14H,10-13H2,1-2H3. The second-order valence-electron chi connectivity index (χ2n) is 6.17. The first-order valence-electron chi connectivity index (χ1n) is 8.19. The van der Waals surface area contributed by atoms with Gasteiger partial charge in [0.1, 0.15) is 6.04 Å². The Morgan fingerprint density at radius 3 is 2.38 bits per heavy atom. The summed E-state index contributed by atoms with van der Waals surface area (Å²) in [6.45, 7) is 4.82. The number of piperazine rings is 1. The van der Waals surface area contributed by atoms with Crippen LogP contribution >= 0.6 is 0 Å². The monoisotopic (exact) mass is 326 g/mol. The number of carbonyl (C=O) groups excluding carboxylic acids is 1. The molecule has 1 aliphatic rings. The maximum absolute atomic E-state index is 12.7. The van der Waals surface area contributed by atoms with E-state index >= 15 is 0 Å². The number of likely N-dealkylation sites (N-methyl/N-ethyl adjacent to an activating group) is 1. The minimum atomic E-state index is -0.607. The van der Waals surface area contributed by atoms with E-state index in [0.29, 0.717) is 18.8 Å². The van der Waals surface area contributed by atoms with E-state index < -0.39 is 6.04 Å². The van der Waals surface area contributed by atoms with Crippen LogP contribution in [0.25, 0.3) is 11.3 Å². The van der Waals surface area contributed by atoms with Crippen LogP contribution in [0, 0.1) is 0 Å². The molecule has 126 valence electrons.